The molecule has 1 aliphatic rings. The zero-order chi connectivity index (χ0) is 19.9. The van der Waals surface area contributed by atoms with Gasteiger partial charge in [0, 0.05) is 37.5 Å². The van der Waals surface area contributed by atoms with Crippen LogP contribution in [0, 0.1) is 11.7 Å². The van der Waals surface area contributed by atoms with Crippen LogP contribution < -0.4 is 11.1 Å². The van der Waals surface area contributed by atoms with Gasteiger partial charge in [-0.25, -0.2) is 4.39 Å². The molecule has 2 aromatic carbocycles. The van der Waals surface area contributed by atoms with E-state index in [9.17, 15) is 14.0 Å². The molecule has 0 saturated carbocycles. The third kappa shape index (κ3) is 4.95. The van der Waals surface area contributed by atoms with Crippen molar-refractivity contribution in [2.45, 2.75) is 18.8 Å². The van der Waals surface area contributed by atoms with E-state index in [1.807, 2.05) is 23.1 Å². The number of carbonyl (C=O) groups is 2. The average Bonchev–Trinajstić information content (AvgIpc) is 3.16. The number of halogens is 1. The van der Waals surface area contributed by atoms with Gasteiger partial charge < -0.3 is 16.0 Å². The Morgan fingerprint density at radius 3 is 2.46 bits per heavy atom. The van der Waals surface area contributed by atoms with E-state index in [0.29, 0.717) is 44.6 Å². The summed E-state index contributed by atoms with van der Waals surface area (Å²) in [4.78, 5) is 26.4. The predicted molar refractivity (Wildman–Crippen MR) is 106 cm³/mol. The standard InChI is InChI=1S/C22H26FN3O2/c23-19-10-8-17(9-11-19)22(28)25-12-4-7-21(27)26-14-18(13-24)20(15-26)16-5-2-1-3-6-16/h1-3,5-6,8-11,18,20H,4,7,12-15,24H2,(H,25,28)/t18-,20+/m1/s1. The van der Waals surface area contributed by atoms with Crippen molar-refractivity contribution in [3.05, 3.63) is 71.5 Å². The third-order valence-electron chi connectivity index (χ3n) is 5.28. The lowest BCUT2D eigenvalue weighted by Crippen LogP contribution is -2.31. The molecular formula is C22H26FN3O2. The molecule has 0 radical (unpaired) electrons. The van der Waals surface area contributed by atoms with Crippen LogP contribution in [-0.4, -0.2) is 42.9 Å². The Kier molecular flexibility index (Phi) is 6.76. The van der Waals surface area contributed by atoms with Gasteiger partial charge in [-0.2, -0.15) is 0 Å². The van der Waals surface area contributed by atoms with Gasteiger partial charge >= 0.3 is 0 Å². The number of hydrogen-bond donors (Lipinski definition) is 2. The number of benzene rings is 2. The molecule has 1 aliphatic heterocycles. The highest BCUT2D eigenvalue weighted by molar-refractivity contribution is 5.94. The van der Waals surface area contributed by atoms with Crippen molar-refractivity contribution in [1.82, 2.24) is 10.2 Å². The Hall–Kier alpha value is -2.73. The van der Waals surface area contributed by atoms with Crippen molar-refractivity contribution in [1.29, 1.82) is 0 Å². The molecule has 6 heteroatoms. The second-order valence-corrected chi connectivity index (χ2v) is 7.18. The SMILES string of the molecule is NC[C@@H]1CN(C(=O)CCCNC(=O)c2ccc(F)cc2)C[C@H]1c1ccccc1. The monoisotopic (exact) mass is 383 g/mol. The van der Waals surface area contributed by atoms with E-state index in [1.165, 1.54) is 29.8 Å². The first-order valence-electron chi connectivity index (χ1n) is 9.65. The van der Waals surface area contributed by atoms with Crippen LogP contribution in [0.25, 0.3) is 0 Å². The highest BCUT2D eigenvalue weighted by atomic mass is 19.1. The Labute approximate surface area is 164 Å². The maximum Gasteiger partial charge on any atom is 0.251 e. The zero-order valence-corrected chi connectivity index (χ0v) is 15.8. The summed E-state index contributed by atoms with van der Waals surface area (Å²) in [6.07, 6.45) is 0.939. The van der Waals surface area contributed by atoms with Crippen LogP contribution >= 0.6 is 0 Å². The molecule has 0 aliphatic carbocycles. The number of nitrogens with zero attached hydrogens (tertiary/aromatic N) is 1. The van der Waals surface area contributed by atoms with Gasteiger partial charge in [-0.05, 0) is 48.7 Å². The third-order valence-corrected chi connectivity index (χ3v) is 5.28. The van der Waals surface area contributed by atoms with Crippen LogP contribution in [-0.2, 0) is 4.79 Å². The highest BCUT2D eigenvalue weighted by Crippen LogP contribution is 2.32. The number of nitrogens with one attached hydrogen (secondary N) is 1. The summed E-state index contributed by atoms with van der Waals surface area (Å²) in [7, 11) is 0. The lowest BCUT2D eigenvalue weighted by Gasteiger charge is -2.17. The topological polar surface area (TPSA) is 75.4 Å². The van der Waals surface area contributed by atoms with E-state index < -0.39 is 0 Å². The summed E-state index contributed by atoms with van der Waals surface area (Å²) < 4.78 is 12.9. The number of likely N-dealkylation sites (tertiary alicyclic amines) is 1. The van der Waals surface area contributed by atoms with Crippen molar-refractivity contribution in [3.63, 3.8) is 0 Å². The van der Waals surface area contributed by atoms with Crippen molar-refractivity contribution >= 4 is 11.8 Å². The molecule has 28 heavy (non-hydrogen) atoms. The lowest BCUT2D eigenvalue weighted by atomic mass is 9.89. The van der Waals surface area contributed by atoms with Crippen molar-refractivity contribution in [2.24, 2.45) is 11.7 Å². The van der Waals surface area contributed by atoms with Gasteiger partial charge in [0.1, 0.15) is 5.82 Å². The van der Waals surface area contributed by atoms with E-state index in [2.05, 4.69) is 17.4 Å². The molecule has 3 N–H and O–H groups in total. The molecule has 5 nitrogen and oxygen atoms in total. The van der Waals surface area contributed by atoms with Gasteiger partial charge in [0.05, 0.1) is 0 Å². The molecular weight excluding hydrogens is 357 g/mol. The number of rotatable bonds is 7. The summed E-state index contributed by atoms with van der Waals surface area (Å²) >= 11 is 0. The molecule has 0 aromatic heterocycles. The minimum atomic E-state index is -0.377. The normalized spacial score (nSPS) is 18.9. The summed E-state index contributed by atoms with van der Waals surface area (Å²) in [6, 6.07) is 15.6. The highest BCUT2D eigenvalue weighted by Gasteiger charge is 2.34. The molecule has 0 bridgehead atoms. The molecule has 0 unspecified atom stereocenters. The maximum absolute atomic E-state index is 12.9. The van der Waals surface area contributed by atoms with Crippen molar-refractivity contribution < 1.29 is 14.0 Å². The Morgan fingerprint density at radius 1 is 1.07 bits per heavy atom. The molecule has 2 atom stereocenters. The van der Waals surface area contributed by atoms with E-state index >= 15 is 0 Å². The number of hydrogen-bond acceptors (Lipinski definition) is 3. The van der Waals surface area contributed by atoms with Crippen LogP contribution in [0.4, 0.5) is 4.39 Å². The van der Waals surface area contributed by atoms with Gasteiger partial charge in [0.25, 0.3) is 5.91 Å². The van der Waals surface area contributed by atoms with E-state index in [4.69, 9.17) is 5.73 Å². The van der Waals surface area contributed by atoms with Crippen molar-refractivity contribution in [3.8, 4) is 0 Å². The number of nitrogens with two attached hydrogens (primary N) is 1. The van der Waals surface area contributed by atoms with Crippen LogP contribution in [0.5, 0.6) is 0 Å². The fraction of sp³-hybridized carbons (Fsp3) is 0.364. The van der Waals surface area contributed by atoms with Crippen LogP contribution in [0.3, 0.4) is 0 Å². The van der Waals surface area contributed by atoms with Gasteiger partial charge in [0.15, 0.2) is 0 Å². The van der Waals surface area contributed by atoms with Gasteiger partial charge in [-0.3, -0.25) is 9.59 Å². The minimum Gasteiger partial charge on any atom is -0.352 e. The first-order valence-corrected chi connectivity index (χ1v) is 9.65. The summed E-state index contributed by atoms with van der Waals surface area (Å²) in [5, 5.41) is 2.77. The number of amides is 2. The average molecular weight is 383 g/mol. The maximum atomic E-state index is 12.9. The molecule has 2 aromatic rings. The number of carbonyl (C=O) groups excluding carboxylic acids is 2. The minimum absolute atomic E-state index is 0.0907. The molecule has 1 saturated heterocycles. The quantitative estimate of drug-likeness (QED) is 0.722. The Morgan fingerprint density at radius 2 is 1.79 bits per heavy atom. The fourth-order valence-corrected chi connectivity index (χ4v) is 3.69. The van der Waals surface area contributed by atoms with E-state index in [-0.39, 0.29) is 29.5 Å². The second kappa shape index (κ2) is 9.46. The van der Waals surface area contributed by atoms with Gasteiger partial charge in [-0.1, -0.05) is 30.3 Å². The molecule has 0 spiro atoms. The molecule has 3 rings (SSSR count). The molecule has 2 amide bonds. The van der Waals surface area contributed by atoms with Crippen LogP contribution in [0.2, 0.25) is 0 Å². The first kappa shape index (κ1) is 20.0. The van der Waals surface area contributed by atoms with E-state index in [0.717, 1.165) is 0 Å². The van der Waals surface area contributed by atoms with Gasteiger partial charge in [0.2, 0.25) is 5.91 Å². The first-order chi connectivity index (χ1) is 13.6. The van der Waals surface area contributed by atoms with Gasteiger partial charge in [-0.15, -0.1) is 0 Å². The summed E-state index contributed by atoms with van der Waals surface area (Å²) in [6.45, 7) is 2.32. The predicted octanol–water partition coefficient (Wildman–Crippen LogP) is 2.54. The van der Waals surface area contributed by atoms with Crippen LogP contribution in [0.15, 0.2) is 54.6 Å². The van der Waals surface area contributed by atoms with Crippen molar-refractivity contribution in [2.75, 3.05) is 26.2 Å². The second-order valence-electron chi connectivity index (χ2n) is 7.18. The fourth-order valence-electron chi connectivity index (χ4n) is 3.69. The Balaban J connectivity index is 1.45. The largest absolute Gasteiger partial charge is 0.352 e. The molecule has 148 valence electrons. The summed E-state index contributed by atoms with van der Waals surface area (Å²) in [5.41, 5.74) is 7.56. The smallest absolute Gasteiger partial charge is 0.251 e. The lowest BCUT2D eigenvalue weighted by molar-refractivity contribution is -0.130. The zero-order valence-electron chi connectivity index (χ0n) is 15.8. The molecule has 1 fully saturated rings. The summed E-state index contributed by atoms with van der Waals surface area (Å²) in [5.74, 6) is -0.0101. The van der Waals surface area contributed by atoms with Crippen LogP contribution in [0.1, 0.15) is 34.7 Å². The molecule has 1 heterocycles. The Bertz CT molecular complexity index is 795. The van der Waals surface area contributed by atoms with E-state index in [1.54, 1.807) is 0 Å².